The van der Waals surface area contributed by atoms with E-state index >= 15 is 0 Å². The van der Waals surface area contributed by atoms with E-state index in [1.54, 1.807) is 30.3 Å². The monoisotopic (exact) mass is 554 g/mol. The average Bonchev–Trinajstić information content (AvgIpc) is 2.93. The van der Waals surface area contributed by atoms with E-state index in [0.29, 0.717) is 26.2 Å². The van der Waals surface area contributed by atoms with Gasteiger partial charge in [-0.2, -0.15) is 13.2 Å². The van der Waals surface area contributed by atoms with E-state index < -0.39 is 23.6 Å². The lowest BCUT2D eigenvalue weighted by atomic mass is 10.0. The predicted molar refractivity (Wildman–Crippen MR) is 152 cm³/mol. The van der Waals surface area contributed by atoms with Gasteiger partial charge >= 0.3 is 6.18 Å². The first kappa shape index (κ1) is 27.6. The van der Waals surface area contributed by atoms with E-state index in [-0.39, 0.29) is 11.6 Å². The van der Waals surface area contributed by atoms with E-state index in [9.17, 15) is 17.7 Å². The number of likely N-dealkylation sites (N-methyl/N-ethyl adjacent to an activating group) is 1. The SMILES string of the molecule is CC(c1ccc(N[S@+]([O-])c2cccc3c2N(C)CC=C3)cc1)N1CCN(C(c2ccccc2)C(F)(F)F)CC1. The van der Waals surface area contributed by atoms with Crippen molar-refractivity contribution in [1.82, 2.24) is 9.80 Å². The van der Waals surface area contributed by atoms with Crippen LogP contribution in [0.3, 0.4) is 0 Å². The number of piperazine rings is 1. The smallest absolute Gasteiger partial charge is 0.408 e. The standard InChI is InChI=1S/C30H33F3N4OS/c1-22(36-18-20-37(21-19-36)29(30(31,32)33)25-8-4-3-5-9-25)23-13-15-26(16-14-23)34-39(38)27-12-6-10-24-11-7-17-35(2)28(24)27/h3-16,22,29,34H,17-21H2,1-2H3/t22?,29?,39-/m1/s1. The molecule has 2 aliphatic heterocycles. The molecule has 2 unspecified atom stereocenters. The van der Waals surface area contributed by atoms with E-state index in [1.165, 1.54) is 4.90 Å². The number of nitrogens with zero attached hydrogens (tertiary/aromatic N) is 3. The van der Waals surface area contributed by atoms with Gasteiger partial charge in [0.25, 0.3) is 0 Å². The summed E-state index contributed by atoms with van der Waals surface area (Å²) in [6, 6.07) is 20.2. The molecule has 1 N–H and O–H groups in total. The van der Waals surface area contributed by atoms with Crippen molar-refractivity contribution in [3.8, 4) is 0 Å². The summed E-state index contributed by atoms with van der Waals surface area (Å²) in [5.74, 6) is 0. The summed E-state index contributed by atoms with van der Waals surface area (Å²) in [6.07, 6.45) is -0.194. The Bertz CT molecular complexity index is 1280. The van der Waals surface area contributed by atoms with Gasteiger partial charge in [0.15, 0.2) is 0 Å². The van der Waals surface area contributed by atoms with Crippen LogP contribution in [-0.2, 0) is 11.4 Å². The third-order valence-electron chi connectivity index (χ3n) is 7.58. The lowest BCUT2D eigenvalue weighted by Gasteiger charge is -2.42. The molecule has 2 heterocycles. The number of para-hydroxylation sites is 1. The van der Waals surface area contributed by atoms with Crippen LogP contribution < -0.4 is 9.62 Å². The zero-order valence-electron chi connectivity index (χ0n) is 22.1. The summed E-state index contributed by atoms with van der Waals surface area (Å²) in [7, 11) is 1.99. The van der Waals surface area contributed by atoms with Crippen LogP contribution in [0.4, 0.5) is 24.5 Å². The first-order valence-corrected chi connectivity index (χ1v) is 14.3. The fraction of sp³-hybridized carbons (Fsp3) is 0.333. The molecule has 0 aliphatic carbocycles. The molecule has 9 heteroatoms. The Labute approximate surface area is 231 Å². The number of nitrogens with one attached hydrogen (secondary N) is 1. The van der Waals surface area contributed by atoms with Crippen molar-refractivity contribution in [2.75, 3.05) is 49.4 Å². The molecule has 0 radical (unpaired) electrons. The third kappa shape index (κ3) is 6.11. The Kier molecular flexibility index (Phi) is 8.23. The molecule has 39 heavy (non-hydrogen) atoms. The molecule has 5 nitrogen and oxygen atoms in total. The van der Waals surface area contributed by atoms with Crippen molar-refractivity contribution < 1.29 is 17.7 Å². The van der Waals surface area contributed by atoms with Crippen LogP contribution in [0.2, 0.25) is 0 Å². The zero-order valence-corrected chi connectivity index (χ0v) is 22.9. The maximum Gasteiger partial charge on any atom is 0.408 e. The Balaban J connectivity index is 1.21. The van der Waals surface area contributed by atoms with Crippen molar-refractivity contribution in [2.45, 2.75) is 30.1 Å². The minimum atomic E-state index is -4.33. The van der Waals surface area contributed by atoms with Crippen molar-refractivity contribution in [2.24, 2.45) is 0 Å². The first-order valence-electron chi connectivity index (χ1n) is 13.1. The molecule has 1 fully saturated rings. The van der Waals surface area contributed by atoms with Crippen LogP contribution in [0, 0.1) is 0 Å². The summed E-state index contributed by atoms with van der Waals surface area (Å²) in [6.45, 7) is 4.62. The van der Waals surface area contributed by atoms with Crippen LogP contribution in [0.5, 0.6) is 0 Å². The highest BCUT2D eigenvalue weighted by Gasteiger charge is 2.45. The molecule has 2 aliphatic rings. The van der Waals surface area contributed by atoms with Gasteiger partial charge in [0.2, 0.25) is 4.90 Å². The molecular formula is C30H33F3N4OS. The van der Waals surface area contributed by atoms with Gasteiger partial charge in [-0.05, 0) is 36.2 Å². The van der Waals surface area contributed by atoms with Gasteiger partial charge in [0.05, 0.1) is 5.69 Å². The summed E-state index contributed by atoms with van der Waals surface area (Å²) in [4.78, 5) is 6.58. The molecule has 0 bridgehead atoms. The maximum atomic E-state index is 14.0. The number of rotatable bonds is 7. The highest BCUT2D eigenvalue weighted by molar-refractivity contribution is 7.92. The van der Waals surface area contributed by atoms with E-state index in [0.717, 1.165) is 33.9 Å². The number of hydrogen-bond donors (Lipinski definition) is 1. The topological polar surface area (TPSA) is 44.8 Å². The van der Waals surface area contributed by atoms with Gasteiger partial charge in [-0.1, -0.05) is 66.7 Å². The number of alkyl halides is 3. The van der Waals surface area contributed by atoms with Crippen LogP contribution in [0.1, 0.15) is 35.7 Å². The molecule has 3 atom stereocenters. The Hall–Kier alpha value is -2.98. The van der Waals surface area contributed by atoms with Gasteiger partial charge in [0.1, 0.15) is 23.1 Å². The average molecular weight is 555 g/mol. The largest absolute Gasteiger partial charge is 0.588 e. The normalized spacial score (nSPS) is 18.9. The highest BCUT2D eigenvalue weighted by Crippen LogP contribution is 2.39. The maximum absolute atomic E-state index is 14.0. The van der Waals surface area contributed by atoms with Crippen LogP contribution in [0.15, 0.2) is 83.8 Å². The quantitative estimate of drug-likeness (QED) is 0.349. The lowest BCUT2D eigenvalue weighted by Crippen LogP contribution is -2.51. The molecule has 0 saturated carbocycles. The first-order chi connectivity index (χ1) is 18.7. The minimum absolute atomic E-state index is 0.0503. The number of benzene rings is 3. The zero-order chi connectivity index (χ0) is 27.6. The van der Waals surface area contributed by atoms with E-state index in [4.69, 9.17) is 0 Å². The number of hydrogen-bond acceptors (Lipinski definition) is 5. The van der Waals surface area contributed by atoms with Crippen LogP contribution >= 0.6 is 0 Å². The van der Waals surface area contributed by atoms with Gasteiger partial charge < -0.3 is 9.45 Å². The second-order valence-electron chi connectivity index (χ2n) is 10.1. The molecule has 206 valence electrons. The molecule has 0 aromatic heterocycles. The number of halogens is 3. The molecule has 0 spiro atoms. The van der Waals surface area contributed by atoms with Crippen LogP contribution in [-0.4, -0.2) is 60.3 Å². The van der Waals surface area contributed by atoms with E-state index in [2.05, 4.69) is 33.6 Å². The molecule has 3 aromatic carbocycles. The Morgan fingerprint density at radius 2 is 1.51 bits per heavy atom. The van der Waals surface area contributed by atoms with Crippen molar-refractivity contribution >= 4 is 28.8 Å². The molecule has 1 saturated heterocycles. The Morgan fingerprint density at radius 3 is 2.18 bits per heavy atom. The number of fused-ring (bicyclic) bond motifs is 1. The van der Waals surface area contributed by atoms with Gasteiger partial charge in [-0.3, -0.25) is 9.80 Å². The molecular weight excluding hydrogens is 521 g/mol. The van der Waals surface area contributed by atoms with Crippen molar-refractivity contribution in [1.29, 1.82) is 0 Å². The number of anilines is 2. The summed E-state index contributed by atoms with van der Waals surface area (Å²) >= 11 is -1.43. The van der Waals surface area contributed by atoms with Crippen LogP contribution in [0.25, 0.3) is 6.08 Å². The third-order valence-corrected chi connectivity index (χ3v) is 8.73. The summed E-state index contributed by atoms with van der Waals surface area (Å²) in [5, 5.41) is 0. The van der Waals surface area contributed by atoms with Gasteiger partial charge in [0, 0.05) is 51.4 Å². The molecule has 0 amide bonds. The van der Waals surface area contributed by atoms with Gasteiger partial charge in [-0.25, -0.2) is 4.72 Å². The second-order valence-corrected chi connectivity index (χ2v) is 11.3. The minimum Gasteiger partial charge on any atom is -0.588 e. The fourth-order valence-electron chi connectivity index (χ4n) is 5.49. The highest BCUT2D eigenvalue weighted by atomic mass is 32.2. The predicted octanol–water partition coefficient (Wildman–Crippen LogP) is 6.27. The lowest BCUT2D eigenvalue weighted by molar-refractivity contribution is -0.191. The fourth-order valence-corrected chi connectivity index (χ4v) is 6.60. The molecule has 5 rings (SSSR count). The second kappa shape index (κ2) is 11.6. The Morgan fingerprint density at radius 1 is 0.846 bits per heavy atom. The van der Waals surface area contributed by atoms with Gasteiger partial charge in [-0.15, -0.1) is 0 Å². The van der Waals surface area contributed by atoms with Crippen molar-refractivity contribution in [3.05, 3.63) is 95.6 Å². The van der Waals surface area contributed by atoms with Crippen molar-refractivity contribution in [3.63, 3.8) is 0 Å². The van der Waals surface area contributed by atoms with E-state index in [1.807, 2.05) is 49.5 Å². The molecule has 3 aromatic rings. The summed E-state index contributed by atoms with van der Waals surface area (Å²) < 4.78 is 58.2. The summed E-state index contributed by atoms with van der Waals surface area (Å²) in [5.41, 5.74) is 4.11.